The van der Waals surface area contributed by atoms with Crippen LogP contribution in [-0.2, 0) is 0 Å². The number of nitrogens with zero attached hydrogens (tertiary/aromatic N) is 2. The van der Waals surface area contributed by atoms with Gasteiger partial charge in [0.05, 0.1) is 16.3 Å². The summed E-state index contributed by atoms with van der Waals surface area (Å²) in [6.07, 6.45) is 0. The van der Waals surface area contributed by atoms with Gasteiger partial charge in [-0.25, -0.2) is 0 Å². The van der Waals surface area contributed by atoms with Crippen LogP contribution < -0.4 is 5.73 Å². The number of halogens is 2. The zero-order valence-corrected chi connectivity index (χ0v) is 14.2. The maximum Gasteiger partial charge on any atom is 0.257 e. The number of amides is 1. The zero-order valence-electron chi connectivity index (χ0n) is 12.6. The van der Waals surface area contributed by atoms with Crippen molar-refractivity contribution in [1.82, 2.24) is 9.80 Å². The minimum absolute atomic E-state index is 0. The van der Waals surface area contributed by atoms with Crippen molar-refractivity contribution in [3.8, 4) is 5.75 Å². The number of benzene rings is 1. The number of nitrogens with two attached hydrogens (primary N) is 1. The number of hydrogen-bond acceptors (Lipinski definition) is 4. The summed E-state index contributed by atoms with van der Waals surface area (Å²) in [4.78, 5) is 16.1. The van der Waals surface area contributed by atoms with Crippen LogP contribution in [0.3, 0.4) is 0 Å². The van der Waals surface area contributed by atoms with E-state index in [0.29, 0.717) is 6.54 Å². The van der Waals surface area contributed by atoms with Gasteiger partial charge in [0.2, 0.25) is 0 Å². The van der Waals surface area contributed by atoms with Crippen molar-refractivity contribution in [3.05, 3.63) is 22.7 Å². The molecule has 0 aromatic heterocycles. The van der Waals surface area contributed by atoms with Crippen LogP contribution in [0, 0.1) is 0 Å². The summed E-state index contributed by atoms with van der Waals surface area (Å²) in [6.45, 7) is 7.42. The van der Waals surface area contributed by atoms with Gasteiger partial charge in [0, 0.05) is 26.2 Å². The van der Waals surface area contributed by atoms with E-state index in [1.807, 2.05) is 0 Å². The Morgan fingerprint density at radius 2 is 1.86 bits per heavy atom. The van der Waals surface area contributed by atoms with Crippen molar-refractivity contribution in [2.45, 2.75) is 13.8 Å². The second-order valence-corrected chi connectivity index (χ2v) is 5.05. The second kappa shape index (κ2) is 8.97. The lowest BCUT2D eigenvalue weighted by Crippen LogP contribution is -2.36. The molecule has 0 bridgehead atoms. The summed E-state index contributed by atoms with van der Waals surface area (Å²) in [6, 6.07) is 2.70. The van der Waals surface area contributed by atoms with Crippen molar-refractivity contribution < 1.29 is 9.90 Å². The Morgan fingerprint density at radius 1 is 1.29 bits per heavy atom. The Kier molecular flexibility index (Phi) is 8.47. The smallest absolute Gasteiger partial charge is 0.257 e. The number of phenols is 1. The quantitative estimate of drug-likeness (QED) is 0.783. The number of nitrogen functional groups attached to an aromatic ring is 1. The highest BCUT2D eigenvalue weighted by Crippen LogP contribution is 2.28. The first-order valence-corrected chi connectivity index (χ1v) is 7.04. The van der Waals surface area contributed by atoms with Crippen molar-refractivity contribution >= 4 is 35.6 Å². The fourth-order valence-corrected chi connectivity index (χ4v) is 2.05. The molecule has 0 heterocycles. The number of rotatable bonds is 6. The Bertz CT molecular complexity index is 480. The molecule has 5 nitrogen and oxygen atoms in total. The molecular formula is C14H23Cl2N3O2. The van der Waals surface area contributed by atoms with Crippen LogP contribution in [0.15, 0.2) is 12.1 Å². The van der Waals surface area contributed by atoms with Crippen molar-refractivity contribution in [3.63, 3.8) is 0 Å². The first kappa shape index (κ1) is 19.8. The second-order valence-electron chi connectivity index (χ2n) is 4.64. The van der Waals surface area contributed by atoms with E-state index in [1.54, 1.807) is 11.9 Å². The molecule has 0 fully saturated rings. The van der Waals surface area contributed by atoms with Gasteiger partial charge in [0.1, 0.15) is 5.75 Å². The summed E-state index contributed by atoms with van der Waals surface area (Å²) in [7, 11) is 1.70. The molecule has 0 spiro atoms. The molecule has 0 atom stereocenters. The van der Waals surface area contributed by atoms with Gasteiger partial charge in [0.15, 0.2) is 0 Å². The van der Waals surface area contributed by atoms with E-state index in [0.717, 1.165) is 19.6 Å². The lowest BCUT2D eigenvalue weighted by Gasteiger charge is -2.23. The molecular weight excluding hydrogens is 313 g/mol. The number of carbonyl (C=O) groups excluding carboxylic acids is 1. The molecule has 1 aromatic carbocycles. The number of phenolic OH excluding ortho intramolecular Hbond substituents is 1. The summed E-state index contributed by atoms with van der Waals surface area (Å²) in [5, 5.41) is 10.1. The van der Waals surface area contributed by atoms with Gasteiger partial charge in [-0.1, -0.05) is 25.4 Å². The molecule has 3 N–H and O–H groups in total. The van der Waals surface area contributed by atoms with Crippen LogP contribution in [0.4, 0.5) is 5.69 Å². The van der Waals surface area contributed by atoms with Crippen LogP contribution in [0.2, 0.25) is 5.02 Å². The van der Waals surface area contributed by atoms with E-state index in [4.69, 9.17) is 17.3 Å². The Balaban J connectivity index is 0.00000400. The van der Waals surface area contributed by atoms with E-state index >= 15 is 0 Å². The first-order chi connectivity index (χ1) is 9.40. The molecule has 7 heteroatoms. The van der Waals surface area contributed by atoms with E-state index in [1.165, 1.54) is 12.1 Å². The molecule has 0 radical (unpaired) electrons. The molecule has 0 saturated heterocycles. The van der Waals surface area contributed by atoms with Crippen molar-refractivity contribution in [2.24, 2.45) is 0 Å². The molecule has 1 aromatic rings. The van der Waals surface area contributed by atoms with Gasteiger partial charge in [-0.05, 0) is 19.2 Å². The van der Waals surface area contributed by atoms with Gasteiger partial charge in [-0.15, -0.1) is 12.4 Å². The SMILES string of the molecule is CCN(CC)CCN(C)C(=O)c1cc(Cl)c(N)cc1O.Cl. The normalized spacial score (nSPS) is 10.3. The third-order valence-corrected chi connectivity index (χ3v) is 3.67. The zero-order chi connectivity index (χ0) is 15.3. The van der Waals surface area contributed by atoms with Crippen LogP contribution >= 0.6 is 24.0 Å². The maximum absolute atomic E-state index is 12.3. The third kappa shape index (κ3) is 5.26. The fourth-order valence-electron chi connectivity index (χ4n) is 1.89. The molecule has 120 valence electrons. The summed E-state index contributed by atoms with van der Waals surface area (Å²) in [5.74, 6) is -0.414. The predicted molar refractivity (Wildman–Crippen MR) is 89.5 cm³/mol. The predicted octanol–water partition coefficient (Wildman–Crippen LogP) is 2.46. The van der Waals surface area contributed by atoms with Gasteiger partial charge in [-0.3, -0.25) is 4.79 Å². The van der Waals surface area contributed by atoms with E-state index in [9.17, 15) is 9.90 Å². The van der Waals surface area contributed by atoms with E-state index < -0.39 is 0 Å². The Labute approximate surface area is 137 Å². The number of hydrogen-bond donors (Lipinski definition) is 2. The third-order valence-electron chi connectivity index (χ3n) is 3.34. The lowest BCUT2D eigenvalue weighted by atomic mass is 10.1. The number of aromatic hydroxyl groups is 1. The highest BCUT2D eigenvalue weighted by Gasteiger charge is 2.18. The minimum atomic E-state index is -0.267. The lowest BCUT2D eigenvalue weighted by molar-refractivity contribution is 0.0777. The molecule has 21 heavy (non-hydrogen) atoms. The minimum Gasteiger partial charge on any atom is -0.507 e. The maximum atomic E-state index is 12.3. The van der Waals surface area contributed by atoms with Gasteiger partial charge < -0.3 is 20.6 Å². The van der Waals surface area contributed by atoms with Crippen molar-refractivity contribution in [1.29, 1.82) is 0 Å². The standard InChI is InChI=1S/C14H22ClN3O2.ClH/c1-4-18(5-2)7-6-17(3)14(20)10-8-11(15)12(16)9-13(10)19;/h8-9,19H,4-7,16H2,1-3H3;1H. The van der Waals surface area contributed by atoms with Crippen LogP contribution in [-0.4, -0.2) is 54.0 Å². The van der Waals surface area contributed by atoms with Crippen molar-refractivity contribution in [2.75, 3.05) is 39.0 Å². The van der Waals surface area contributed by atoms with E-state index in [-0.39, 0.29) is 40.3 Å². The molecule has 0 aliphatic rings. The summed E-state index contributed by atoms with van der Waals surface area (Å²) >= 11 is 5.89. The number of anilines is 1. The van der Waals surface area contributed by atoms with Gasteiger partial charge in [-0.2, -0.15) is 0 Å². The molecule has 1 amide bonds. The average molecular weight is 336 g/mol. The highest BCUT2D eigenvalue weighted by atomic mass is 35.5. The average Bonchev–Trinajstić information content (AvgIpc) is 2.43. The Hall–Kier alpha value is -1.17. The highest BCUT2D eigenvalue weighted by molar-refractivity contribution is 6.33. The molecule has 0 aliphatic carbocycles. The molecule has 1 rings (SSSR count). The summed E-state index contributed by atoms with van der Waals surface area (Å²) in [5.41, 5.74) is 6.01. The topological polar surface area (TPSA) is 69.8 Å². The monoisotopic (exact) mass is 335 g/mol. The first-order valence-electron chi connectivity index (χ1n) is 6.66. The van der Waals surface area contributed by atoms with Gasteiger partial charge in [0.25, 0.3) is 5.91 Å². The van der Waals surface area contributed by atoms with E-state index in [2.05, 4.69) is 18.7 Å². The Morgan fingerprint density at radius 3 is 2.38 bits per heavy atom. The van der Waals surface area contributed by atoms with Crippen LogP contribution in [0.25, 0.3) is 0 Å². The van der Waals surface area contributed by atoms with Crippen LogP contribution in [0.5, 0.6) is 5.75 Å². The number of likely N-dealkylation sites (N-methyl/N-ethyl adjacent to an activating group) is 2. The fraction of sp³-hybridized carbons (Fsp3) is 0.500. The molecule has 0 saturated carbocycles. The molecule has 0 unspecified atom stereocenters. The number of carbonyl (C=O) groups is 1. The molecule has 0 aliphatic heterocycles. The van der Waals surface area contributed by atoms with Crippen LogP contribution in [0.1, 0.15) is 24.2 Å². The van der Waals surface area contributed by atoms with Gasteiger partial charge >= 0.3 is 0 Å². The summed E-state index contributed by atoms with van der Waals surface area (Å²) < 4.78 is 0. The largest absolute Gasteiger partial charge is 0.507 e.